The number of hydrogen-bond acceptors (Lipinski definition) is 6. The highest BCUT2D eigenvalue weighted by Gasteiger charge is 2.28. The Morgan fingerprint density at radius 1 is 1.24 bits per heavy atom. The molecule has 0 saturated carbocycles. The summed E-state index contributed by atoms with van der Waals surface area (Å²) in [6.07, 6.45) is 6.41. The van der Waals surface area contributed by atoms with Gasteiger partial charge in [0.05, 0.1) is 19.4 Å². The van der Waals surface area contributed by atoms with Crippen molar-refractivity contribution in [2.45, 2.75) is 12.1 Å². The van der Waals surface area contributed by atoms with Crippen molar-refractivity contribution in [3.05, 3.63) is 31.0 Å². The van der Waals surface area contributed by atoms with Crippen molar-refractivity contribution in [3.63, 3.8) is 0 Å². The third-order valence-corrected chi connectivity index (χ3v) is 3.73. The number of nitrogen functional groups attached to an aromatic ring is 1. The zero-order valence-electron chi connectivity index (χ0n) is 11.1. The number of fused-ring (bicyclic) bond motifs is 1. The van der Waals surface area contributed by atoms with Crippen LogP contribution < -0.4 is 5.73 Å². The number of aliphatic hydroxyl groups excluding tert-OH is 1. The number of anilines is 1. The van der Waals surface area contributed by atoms with E-state index in [1.165, 1.54) is 6.33 Å². The Hall–Kier alpha value is -2.45. The quantitative estimate of drug-likeness (QED) is 0.693. The van der Waals surface area contributed by atoms with Gasteiger partial charge in [-0.3, -0.25) is 4.68 Å². The number of nitrogens with two attached hydrogens (primary N) is 1. The van der Waals surface area contributed by atoms with Gasteiger partial charge in [0, 0.05) is 23.5 Å². The predicted octanol–water partition coefficient (Wildman–Crippen LogP) is 0.107. The summed E-state index contributed by atoms with van der Waals surface area (Å²) in [4.78, 5) is 3.97. The lowest BCUT2D eigenvalue weighted by molar-refractivity contribution is 0.118. The molecule has 1 aliphatic heterocycles. The first-order valence-corrected chi connectivity index (χ1v) is 6.61. The van der Waals surface area contributed by atoms with Crippen LogP contribution in [0.5, 0.6) is 0 Å². The Balaban J connectivity index is 1.72. The first-order chi connectivity index (χ1) is 10.2. The lowest BCUT2D eigenvalue weighted by Gasteiger charge is -2.11. The van der Waals surface area contributed by atoms with Gasteiger partial charge in [-0.2, -0.15) is 10.2 Å². The molecule has 0 bridgehead atoms. The van der Waals surface area contributed by atoms with Crippen molar-refractivity contribution in [1.29, 1.82) is 0 Å². The summed E-state index contributed by atoms with van der Waals surface area (Å²) in [6.45, 7) is 0.820. The van der Waals surface area contributed by atoms with Crippen LogP contribution in [0.2, 0.25) is 0 Å². The van der Waals surface area contributed by atoms with E-state index in [-0.39, 0.29) is 6.04 Å². The van der Waals surface area contributed by atoms with E-state index in [2.05, 4.69) is 15.2 Å². The van der Waals surface area contributed by atoms with Gasteiger partial charge < -0.3 is 15.6 Å². The minimum absolute atomic E-state index is 0.138. The molecule has 3 aromatic heterocycles. The summed E-state index contributed by atoms with van der Waals surface area (Å²) in [5.74, 6) is 0.434. The van der Waals surface area contributed by atoms with Crippen molar-refractivity contribution in [2.24, 2.45) is 0 Å². The lowest BCUT2D eigenvalue weighted by atomic mass is 10.2. The van der Waals surface area contributed by atoms with Crippen molar-refractivity contribution in [2.75, 3.05) is 18.9 Å². The standard InChI is InChI=1S/C13H14N6O2/c14-13-10-1-8(3-18(10)17-7-15-13)9-2-16-19(4-9)11-5-21-6-12(11)20/h1-4,7,11-12,20H,5-6H2,(H2,14,15,17)/t11-,12+/m0/s1. The van der Waals surface area contributed by atoms with Crippen LogP contribution in [-0.2, 0) is 4.74 Å². The van der Waals surface area contributed by atoms with Gasteiger partial charge >= 0.3 is 0 Å². The molecule has 0 unspecified atom stereocenters. The second-order valence-corrected chi connectivity index (χ2v) is 5.09. The van der Waals surface area contributed by atoms with Crippen LogP contribution in [0.4, 0.5) is 5.82 Å². The van der Waals surface area contributed by atoms with E-state index in [4.69, 9.17) is 10.5 Å². The number of aliphatic hydroxyl groups is 1. The number of nitrogens with zero attached hydrogens (tertiary/aromatic N) is 5. The van der Waals surface area contributed by atoms with E-state index >= 15 is 0 Å². The summed E-state index contributed by atoms with van der Waals surface area (Å²) in [7, 11) is 0. The molecule has 0 spiro atoms. The van der Waals surface area contributed by atoms with Crippen LogP contribution in [0, 0.1) is 0 Å². The minimum Gasteiger partial charge on any atom is -0.388 e. The van der Waals surface area contributed by atoms with Crippen LogP contribution in [0.15, 0.2) is 31.0 Å². The molecule has 8 heteroatoms. The van der Waals surface area contributed by atoms with Gasteiger partial charge in [-0.25, -0.2) is 9.50 Å². The summed E-state index contributed by atoms with van der Waals surface area (Å²) in [5, 5.41) is 18.3. The second-order valence-electron chi connectivity index (χ2n) is 5.09. The molecule has 0 aliphatic carbocycles. The third kappa shape index (κ3) is 1.96. The van der Waals surface area contributed by atoms with Gasteiger partial charge in [0.2, 0.25) is 0 Å². The van der Waals surface area contributed by atoms with Crippen LogP contribution in [0.25, 0.3) is 16.6 Å². The molecule has 0 aromatic carbocycles. The Labute approximate surface area is 119 Å². The fourth-order valence-corrected chi connectivity index (χ4v) is 2.56. The van der Waals surface area contributed by atoms with E-state index in [9.17, 15) is 5.11 Å². The molecule has 4 heterocycles. The number of rotatable bonds is 2. The largest absolute Gasteiger partial charge is 0.388 e. The molecule has 4 rings (SSSR count). The van der Waals surface area contributed by atoms with E-state index < -0.39 is 6.10 Å². The van der Waals surface area contributed by atoms with Crippen molar-refractivity contribution >= 4 is 11.3 Å². The maximum absolute atomic E-state index is 9.85. The molecule has 1 aliphatic rings. The number of ether oxygens (including phenoxy) is 1. The maximum atomic E-state index is 9.85. The highest BCUT2D eigenvalue weighted by molar-refractivity contribution is 5.75. The molecule has 2 atom stereocenters. The Morgan fingerprint density at radius 3 is 2.90 bits per heavy atom. The average molecular weight is 286 g/mol. The molecule has 8 nitrogen and oxygen atoms in total. The van der Waals surface area contributed by atoms with E-state index in [0.717, 1.165) is 16.6 Å². The molecule has 0 amide bonds. The number of aromatic nitrogens is 5. The first-order valence-electron chi connectivity index (χ1n) is 6.61. The van der Waals surface area contributed by atoms with Gasteiger partial charge in [-0.1, -0.05) is 0 Å². The lowest BCUT2D eigenvalue weighted by Crippen LogP contribution is -2.22. The monoisotopic (exact) mass is 286 g/mol. The Kier molecular flexibility index (Phi) is 2.66. The van der Waals surface area contributed by atoms with Crippen molar-refractivity contribution in [1.82, 2.24) is 24.4 Å². The summed E-state index contributed by atoms with van der Waals surface area (Å²) in [5.41, 5.74) is 8.46. The van der Waals surface area contributed by atoms with Crippen LogP contribution >= 0.6 is 0 Å². The van der Waals surface area contributed by atoms with Crippen LogP contribution in [0.1, 0.15) is 6.04 Å². The van der Waals surface area contributed by atoms with Gasteiger partial charge in [0.15, 0.2) is 5.82 Å². The summed E-state index contributed by atoms with van der Waals surface area (Å²) >= 11 is 0. The maximum Gasteiger partial charge on any atom is 0.151 e. The second kappa shape index (κ2) is 4.54. The molecule has 108 valence electrons. The summed E-state index contributed by atoms with van der Waals surface area (Å²) < 4.78 is 8.68. The molecule has 21 heavy (non-hydrogen) atoms. The molecule has 1 saturated heterocycles. The predicted molar refractivity (Wildman–Crippen MR) is 74.5 cm³/mol. The fraction of sp³-hybridized carbons (Fsp3) is 0.308. The molecular weight excluding hydrogens is 272 g/mol. The average Bonchev–Trinajstić information content (AvgIpc) is 3.15. The Bertz CT molecular complexity index is 795. The highest BCUT2D eigenvalue weighted by atomic mass is 16.5. The van der Waals surface area contributed by atoms with Gasteiger partial charge in [-0.05, 0) is 6.07 Å². The van der Waals surface area contributed by atoms with Crippen LogP contribution in [-0.4, -0.2) is 48.8 Å². The topological polar surface area (TPSA) is 103 Å². The van der Waals surface area contributed by atoms with Crippen molar-refractivity contribution in [3.8, 4) is 11.1 Å². The molecule has 0 radical (unpaired) electrons. The van der Waals surface area contributed by atoms with Gasteiger partial charge in [-0.15, -0.1) is 0 Å². The highest BCUT2D eigenvalue weighted by Crippen LogP contribution is 2.26. The van der Waals surface area contributed by atoms with E-state index in [0.29, 0.717) is 19.0 Å². The van der Waals surface area contributed by atoms with Crippen LogP contribution in [0.3, 0.4) is 0 Å². The van der Waals surface area contributed by atoms with Gasteiger partial charge in [0.1, 0.15) is 24.0 Å². The zero-order chi connectivity index (χ0) is 14.4. The minimum atomic E-state index is -0.521. The SMILES string of the molecule is Nc1ncnn2cc(-c3cnn([C@H]4COC[C@H]4O)c3)cc12. The van der Waals surface area contributed by atoms with E-state index in [1.807, 2.05) is 18.5 Å². The first kappa shape index (κ1) is 12.3. The van der Waals surface area contributed by atoms with Gasteiger partial charge in [0.25, 0.3) is 0 Å². The fourth-order valence-electron chi connectivity index (χ4n) is 2.56. The molecule has 3 aromatic rings. The van der Waals surface area contributed by atoms with E-state index in [1.54, 1.807) is 15.4 Å². The molecular formula is C13H14N6O2. The molecule has 3 N–H and O–H groups in total. The Morgan fingerprint density at radius 2 is 2.14 bits per heavy atom. The van der Waals surface area contributed by atoms with Crippen molar-refractivity contribution < 1.29 is 9.84 Å². The number of hydrogen-bond donors (Lipinski definition) is 2. The summed E-state index contributed by atoms with van der Waals surface area (Å²) in [6, 6.07) is 1.78. The third-order valence-electron chi connectivity index (χ3n) is 3.73. The smallest absolute Gasteiger partial charge is 0.151 e. The molecule has 1 fully saturated rings. The zero-order valence-corrected chi connectivity index (χ0v) is 11.1. The normalized spacial score (nSPS) is 22.1.